The van der Waals surface area contributed by atoms with Crippen molar-refractivity contribution in [1.82, 2.24) is 10.3 Å². The Kier molecular flexibility index (Phi) is 6.54. The zero-order valence-electron chi connectivity index (χ0n) is 16.0. The molecule has 3 aromatic rings. The molecular formula is C19H15Cl2F2N3O4S. The lowest BCUT2D eigenvalue weighted by molar-refractivity contribution is 0.0934. The Morgan fingerprint density at radius 3 is 2.23 bits per heavy atom. The molecule has 0 saturated heterocycles. The summed E-state index contributed by atoms with van der Waals surface area (Å²) in [6.45, 7) is 1.49. The van der Waals surface area contributed by atoms with Crippen molar-refractivity contribution >= 4 is 44.8 Å². The molecule has 0 bridgehead atoms. The number of rotatable bonds is 6. The van der Waals surface area contributed by atoms with Crippen molar-refractivity contribution in [2.75, 3.05) is 11.0 Å². The summed E-state index contributed by atoms with van der Waals surface area (Å²) in [5, 5.41) is 3.26. The van der Waals surface area contributed by atoms with Crippen LogP contribution < -0.4 is 10.0 Å². The normalized spacial score (nSPS) is 12.5. The third kappa shape index (κ3) is 5.72. The first-order valence-electron chi connectivity index (χ1n) is 8.62. The van der Waals surface area contributed by atoms with E-state index in [4.69, 9.17) is 27.6 Å². The van der Waals surface area contributed by atoms with E-state index in [-0.39, 0.29) is 17.1 Å². The van der Waals surface area contributed by atoms with E-state index in [9.17, 15) is 22.0 Å². The SMILES string of the molecule is CC(NC(=O)c1coc(-c2cc(Cl)cc(Cl)c2)n1)c1cc(F)c(NS(C)(=O)=O)c(F)c1. The van der Waals surface area contributed by atoms with Crippen LogP contribution in [0.4, 0.5) is 14.5 Å². The molecule has 1 amide bonds. The molecule has 0 radical (unpaired) electrons. The molecule has 0 spiro atoms. The number of hydrogen-bond donors (Lipinski definition) is 2. The summed E-state index contributed by atoms with van der Waals surface area (Å²) in [4.78, 5) is 16.5. The molecule has 2 N–H and O–H groups in total. The molecule has 0 aliphatic carbocycles. The number of oxazole rings is 1. The largest absolute Gasteiger partial charge is 0.444 e. The van der Waals surface area contributed by atoms with Crippen LogP contribution in [0.1, 0.15) is 29.0 Å². The number of nitrogens with zero attached hydrogens (tertiary/aromatic N) is 1. The summed E-state index contributed by atoms with van der Waals surface area (Å²) < 4.78 is 57.9. The second-order valence-corrected chi connectivity index (χ2v) is 9.25. The minimum absolute atomic E-state index is 0.0748. The first kappa shape index (κ1) is 23.0. The molecule has 3 rings (SSSR count). The minimum atomic E-state index is -3.87. The van der Waals surface area contributed by atoms with Gasteiger partial charge in [-0.25, -0.2) is 22.2 Å². The van der Waals surface area contributed by atoms with Crippen LogP contribution in [0.15, 0.2) is 41.0 Å². The third-order valence-corrected chi connectivity index (χ3v) is 5.06. The standard InChI is InChI=1S/C19H15Cl2F2N3O4S/c1-9(10-5-14(22)17(15(23)6-10)26-31(2,28)29)24-18(27)16-8-30-19(25-16)11-3-12(20)7-13(21)4-11/h3-9,26H,1-2H3,(H,24,27). The van der Waals surface area contributed by atoms with E-state index in [0.29, 0.717) is 15.6 Å². The van der Waals surface area contributed by atoms with Crippen molar-refractivity contribution in [1.29, 1.82) is 0 Å². The van der Waals surface area contributed by atoms with Crippen molar-refractivity contribution in [3.05, 3.63) is 69.5 Å². The summed E-state index contributed by atoms with van der Waals surface area (Å²) >= 11 is 11.9. The molecule has 12 heteroatoms. The van der Waals surface area contributed by atoms with Crippen molar-refractivity contribution < 1.29 is 26.4 Å². The van der Waals surface area contributed by atoms with Gasteiger partial charge in [0.1, 0.15) is 12.0 Å². The van der Waals surface area contributed by atoms with E-state index >= 15 is 0 Å². The smallest absolute Gasteiger partial charge is 0.273 e. The Labute approximate surface area is 186 Å². The molecule has 1 atom stereocenters. The second kappa shape index (κ2) is 8.81. The summed E-state index contributed by atoms with van der Waals surface area (Å²) in [5.74, 6) is -2.79. The van der Waals surface area contributed by atoms with Crippen LogP contribution in [0, 0.1) is 11.6 Å². The summed E-state index contributed by atoms with van der Waals surface area (Å²) in [6, 6.07) is 5.65. The van der Waals surface area contributed by atoms with E-state index in [1.807, 2.05) is 0 Å². The van der Waals surface area contributed by atoms with Gasteiger partial charge in [-0.2, -0.15) is 0 Å². The van der Waals surface area contributed by atoms with E-state index in [2.05, 4.69) is 10.3 Å². The van der Waals surface area contributed by atoms with Crippen LogP contribution in [-0.2, 0) is 10.0 Å². The van der Waals surface area contributed by atoms with Gasteiger partial charge in [0.05, 0.1) is 12.3 Å². The highest BCUT2D eigenvalue weighted by atomic mass is 35.5. The Hall–Kier alpha value is -2.69. The fraction of sp³-hybridized carbons (Fsp3) is 0.158. The van der Waals surface area contributed by atoms with E-state index in [1.54, 1.807) is 16.9 Å². The molecule has 164 valence electrons. The number of halogens is 4. The molecule has 1 unspecified atom stereocenters. The van der Waals surface area contributed by atoms with Gasteiger partial charge in [-0.05, 0) is 42.8 Å². The molecular weight excluding hydrogens is 475 g/mol. The van der Waals surface area contributed by atoms with Crippen LogP contribution in [0.3, 0.4) is 0 Å². The molecule has 0 fully saturated rings. The zero-order chi connectivity index (χ0) is 22.9. The summed E-state index contributed by atoms with van der Waals surface area (Å²) in [7, 11) is -3.87. The maximum Gasteiger partial charge on any atom is 0.273 e. The van der Waals surface area contributed by atoms with Gasteiger partial charge in [-0.15, -0.1) is 0 Å². The van der Waals surface area contributed by atoms with Gasteiger partial charge >= 0.3 is 0 Å². The lowest BCUT2D eigenvalue weighted by atomic mass is 10.1. The van der Waals surface area contributed by atoms with Gasteiger partial charge in [0.15, 0.2) is 17.3 Å². The summed E-state index contributed by atoms with van der Waals surface area (Å²) in [5.41, 5.74) is -0.337. The minimum Gasteiger partial charge on any atom is -0.444 e. The maximum atomic E-state index is 14.2. The molecule has 0 saturated carbocycles. The molecule has 0 aliphatic rings. The predicted molar refractivity (Wildman–Crippen MR) is 113 cm³/mol. The number of carbonyl (C=O) groups is 1. The van der Waals surface area contributed by atoms with Gasteiger partial charge in [-0.1, -0.05) is 23.2 Å². The van der Waals surface area contributed by atoms with Crippen molar-refractivity contribution in [3.63, 3.8) is 0 Å². The Morgan fingerprint density at radius 1 is 1.10 bits per heavy atom. The highest BCUT2D eigenvalue weighted by molar-refractivity contribution is 7.92. The van der Waals surface area contributed by atoms with Gasteiger partial charge in [0.25, 0.3) is 5.91 Å². The Balaban J connectivity index is 1.77. The average molecular weight is 490 g/mol. The molecule has 2 aromatic carbocycles. The number of sulfonamides is 1. The second-order valence-electron chi connectivity index (χ2n) is 6.62. The van der Waals surface area contributed by atoms with Gasteiger partial charge < -0.3 is 9.73 Å². The van der Waals surface area contributed by atoms with Crippen LogP contribution >= 0.6 is 23.2 Å². The lowest BCUT2D eigenvalue weighted by Crippen LogP contribution is -2.27. The number of aromatic nitrogens is 1. The predicted octanol–water partition coefficient (Wildman–Crippen LogP) is 4.79. The fourth-order valence-electron chi connectivity index (χ4n) is 2.67. The third-order valence-electron chi connectivity index (χ3n) is 4.05. The average Bonchev–Trinajstić information content (AvgIpc) is 3.13. The van der Waals surface area contributed by atoms with Crippen LogP contribution in [-0.4, -0.2) is 25.6 Å². The van der Waals surface area contributed by atoms with Crippen LogP contribution in [0.25, 0.3) is 11.5 Å². The number of carbonyl (C=O) groups excluding carboxylic acids is 1. The molecule has 1 aromatic heterocycles. The number of benzene rings is 2. The van der Waals surface area contributed by atoms with E-state index in [0.717, 1.165) is 24.7 Å². The van der Waals surface area contributed by atoms with Crippen molar-refractivity contribution in [2.45, 2.75) is 13.0 Å². The fourth-order valence-corrected chi connectivity index (χ4v) is 3.76. The van der Waals surface area contributed by atoms with Crippen LogP contribution in [0.5, 0.6) is 0 Å². The first-order chi connectivity index (χ1) is 14.4. The van der Waals surface area contributed by atoms with Gasteiger partial charge in [0.2, 0.25) is 15.9 Å². The molecule has 7 nitrogen and oxygen atoms in total. The van der Waals surface area contributed by atoms with Crippen LogP contribution in [0.2, 0.25) is 10.0 Å². The number of nitrogens with one attached hydrogen (secondary N) is 2. The Bertz CT molecular complexity index is 1220. The molecule has 0 aliphatic heterocycles. The monoisotopic (exact) mass is 489 g/mol. The molecule has 1 heterocycles. The van der Waals surface area contributed by atoms with E-state index in [1.165, 1.54) is 13.0 Å². The number of anilines is 1. The van der Waals surface area contributed by atoms with Gasteiger partial charge in [0, 0.05) is 15.6 Å². The first-order valence-corrected chi connectivity index (χ1v) is 11.3. The lowest BCUT2D eigenvalue weighted by Gasteiger charge is -2.15. The number of hydrogen-bond acceptors (Lipinski definition) is 5. The summed E-state index contributed by atoms with van der Waals surface area (Å²) in [6.07, 6.45) is 1.89. The highest BCUT2D eigenvalue weighted by Gasteiger charge is 2.20. The quantitative estimate of drug-likeness (QED) is 0.518. The Morgan fingerprint density at radius 2 is 1.68 bits per heavy atom. The van der Waals surface area contributed by atoms with E-state index < -0.39 is 39.3 Å². The van der Waals surface area contributed by atoms with Crippen molar-refractivity contribution in [2.24, 2.45) is 0 Å². The highest BCUT2D eigenvalue weighted by Crippen LogP contribution is 2.28. The van der Waals surface area contributed by atoms with Crippen molar-refractivity contribution in [3.8, 4) is 11.5 Å². The molecule has 31 heavy (non-hydrogen) atoms. The van der Waals surface area contributed by atoms with Gasteiger partial charge in [-0.3, -0.25) is 9.52 Å². The maximum absolute atomic E-state index is 14.2. The topological polar surface area (TPSA) is 101 Å². The zero-order valence-corrected chi connectivity index (χ0v) is 18.4. The number of amides is 1.